The Morgan fingerprint density at radius 3 is 2.57 bits per heavy atom. The standard InChI is InChI=1S/C19H22FN3O5/c1-11(15(25)9-24)21-16(26)14-8-19(6-7-19)10-23(14)18(28)17(27)22-13-5-3-2-4-12(13)20/h2-5,11,14,24H,6-10H2,1H3,(H,21,26)(H,22,27)/t11-,14-/m0/s1. The number of para-hydroxylation sites is 1. The van der Waals surface area contributed by atoms with Crippen LogP contribution in [-0.4, -0.2) is 58.7 Å². The van der Waals surface area contributed by atoms with Gasteiger partial charge in [0, 0.05) is 6.54 Å². The van der Waals surface area contributed by atoms with Gasteiger partial charge in [0.1, 0.15) is 18.5 Å². The summed E-state index contributed by atoms with van der Waals surface area (Å²) in [6.07, 6.45) is 2.10. The molecule has 2 atom stereocenters. The van der Waals surface area contributed by atoms with Crippen molar-refractivity contribution in [3.63, 3.8) is 0 Å². The quantitative estimate of drug-likeness (QED) is 0.621. The molecule has 1 aromatic carbocycles. The first-order valence-corrected chi connectivity index (χ1v) is 9.07. The summed E-state index contributed by atoms with van der Waals surface area (Å²) in [7, 11) is 0. The number of anilines is 1. The van der Waals surface area contributed by atoms with E-state index >= 15 is 0 Å². The van der Waals surface area contributed by atoms with E-state index in [1.807, 2.05) is 0 Å². The molecule has 1 spiro atoms. The van der Waals surface area contributed by atoms with Gasteiger partial charge in [-0.3, -0.25) is 19.2 Å². The lowest BCUT2D eigenvalue weighted by atomic mass is 10.0. The Morgan fingerprint density at radius 2 is 1.96 bits per heavy atom. The summed E-state index contributed by atoms with van der Waals surface area (Å²) in [5.41, 5.74) is -0.301. The zero-order chi connectivity index (χ0) is 20.5. The van der Waals surface area contributed by atoms with Crippen LogP contribution in [-0.2, 0) is 19.2 Å². The van der Waals surface area contributed by atoms with E-state index in [1.54, 1.807) is 0 Å². The molecule has 0 bridgehead atoms. The second kappa shape index (κ2) is 7.67. The maximum Gasteiger partial charge on any atom is 0.314 e. The van der Waals surface area contributed by atoms with Crippen LogP contribution in [0.15, 0.2) is 24.3 Å². The molecule has 1 aliphatic heterocycles. The second-order valence-electron chi connectivity index (χ2n) is 7.44. The Balaban J connectivity index is 1.71. The molecule has 9 heteroatoms. The van der Waals surface area contributed by atoms with Crippen molar-refractivity contribution in [2.75, 3.05) is 18.5 Å². The number of benzene rings is 1. The molecule has 0 aromatic heterocycles. The number of amides is 3. The average Bonchev–Trinajstić information content (AvgIpc) is 3.32. The van der Waals surface area contributed by atoms with Gasteiger partial charge in [-0.25, -0.2) is 4.39 Å². The fourth-order valence-corrected chi connectivity index (χ4v) is 3.44. The molecule has 3 rings (SSSR count). The van der Waals surface area contributed by atoms with Gasteiger partial charge >= 0.3 is 11.8 Å². The summed E-state index contributed by atoms with van der Waals surface area (Å²) in [6.45, 7) is 0.996. The lowest BCUT2D eigenvalue weighted by Gasteiger charge is -2.24. The lowest BCUT2D eigenvalue weighted by Crippen LogP contribution is -2.52. The number of hydrogen-bond donors (Lipinski definition) is 3. The Labute approximate surface area is 161 Å². The number of carbonyl (C=O) groups excluding carboxylic acids is 4. The Bertz CT molecular complexity index is 824. The van der Waals surface area contributed by atoms with E-state index in [4.69, 9.17) is 5.11 Å². The molecule has 0 unspecified atom stereocenters. The summed E-state index contributed by atoms with van der Waals surface area (Å²) in [6, 6.07) is 3.67. The Hall–Kier alpha value is -2.81. The van der Waals surface area contributed by atoms with Crippen molar-refractivity contribution in [1.82, 2.24) is 10.2 Å². The molecule has 1 aliphatic carbocycles. The fourth-order valence-electron chi connectivity index (χ4n) is 3.44. The van der Waals surface area contributed by atoms with Crippen molar-refractivity contribution in [3.05, 3.63) is 30.1 Å². The predicted molar refractivity (Wildman–Crippen MR) is 96.5 cm³/mol. The minimum atomic E-state index is -1.03. The number of likely N-dealkylation sites (tertiary alicyclic amines) is 1. The summed E-state index contributed by atoms with van der Waals surface area (Å²) in [5, 5.41) is 13.6. The lowest BCUT2D eigenvalue weighted by molar-refractivity contribution is -0.146. The highest BCUT2D eigenvalue weighted by Crippen LogP contribution is 2.54. The number of rotatable bonds is 5. The molecular weight excluding hydrogens is 369 g/mol. The van der Waals surface area contributed by atoms with E-state index in [2.05, 4.69) is 10.6 Å². The highest BCUT2D eigenvalue weighted by molar-refractivity contribution is 6.40. The third kappa shape index (κ3) is 4.04. The topological polar surface area (TPSA) is 116 Å². The maximum atomic E-state index is 13.7. The summed E-state index contributed by atoms with van der Waals surface area (Å²) in [5.74, 6) is -3.73. The van der Waals surface area contributed by atoms with Crippen molar-refractivity contribution in [2.24, 2.45) is 5.41 Å². The summed E-state index contributed by atoms with van der Waals surface area (Å²) >= 11 is 0. The van der Waals surface area contributed by atoms with Crippen LogP contribution in [0.2, 0.25) is 0 Å². The van der Waals surface area contributed by atoms with Crippen LogP contribution in [0.5, 0.6) is 0 Å². The monoisotopic (exact) mass is 391 g/mol. The van der Waals surface area contributed by atoms with Crippen LogP contribution in [0.1, 0.15) is 26.2 Å². The van der Waals surface area contributed by atoms with E-state index in [1.165, 1.54) is 30.0 Å². The average molecular weight is 391 g/mol. The number of ketones is 1. The summed E-state index contributed by atoms with van der Waals surface area (Å²) in [4.78, 5) is 50.3. The van der Waals surface area contributed by atoms with Gasteiger partial charge in [-0.1, -0.05) is 12.1 Å². The zero-order valence-corrected chi connectivity index (χ0v) is 15.4. The van der Waals surface area contributed by atoms with E-state index in [0.29, 0.717) is 6.42 Å². The third-order valence-electron chi connectivity index (χ3n) is 5.34. The minimum absolute atomic E-state index is 0.121. The van der Waals surface area contributed by atoms with Gasteiger partial charge < -0.3 is 20.6 Å². The molecule has 2 aliphatic rings. The van der Waals surface area contributed by atoms with Crippen LogP contribution < -0.4 is 10.6 Å². The first kappa shape index (κ1) is 19.9. The molecule has 2 fully saturated rings. The Kier molecular flexibility index (Phi) is 5.46. The molecular formula is C19H22FN3O5. The maximum absolute atomic E-state index is 13.7. The van der Waals surface area contributed by atoms with Crippen molar-refractivity contribution in [3.8, 4) is 0 Å². The van der Waals surface area contributed by atoms with E-state index < -0.39 is 48.0 Å². The first-order valence-electron chi connectivity index (χ1n) is 9.07. The number of halogens is 1. The number of nitrogens with zero attached hydrogens (tertiary/aromatic N) is 1. The van der Waals surface area contributed by atoms with Gasteiger partial charge in [0.15, 0.2) is 5.78 Å². The van der Waals surface area contributed by atoms with Gasteiger partial charge in [0.25, 0.3) is 0 Å². The number of Topliss-reactive ketones (excluding diaryl/α,β-unsaturated/α-hetero) is 1. The molecule has 0 radical (unpaired) electrons. The zero-order valence-electron chi connectivity index (χ0n) is 15.4. The fraction of sp³-hybridized carbons (Fsp3) is 0.474. The van der Waals surface area contributed by atoms with Crippen LogP contribution in [0.4, 0.5) is 10.1 Å². The molecule has 8 nitrogen and oxygen atoms in total. The van der Waals surface area contributed by atoms with E-state index in [-0.39, 0.29) is 17.6 Å². The van der Waals surface area contributed by atoms with Crippen LogP contribution >= 0.6 is 0 Å². The van der Waals surface area contributed by atoms with Gasteiger partial charge in [-0.2, -0.15) is 0 Å². The third-order valence-corrected chi connectivity index (χ3v) is 5.34. The van der Waals surface area contributed by atoms with E-state index in [9.17, 15) is 23.6 Å². The number of hydrogen-bond acceptors (Lipinski definition) is 5. The second-order valence-corrected chi connectivity index (χ2v) is 7.44. The first-order chi connectivity index (χ1) is 13.3. The molecule has 28 heavy (non-hydrogen) atoms. The molecule has 1 saturated carbocycles. The largest absolute Gasteiger partial charge is 0.389 e. The van der Waals surface area contributed by atoms with Crippen LogP contribution in [0.25, 0.3) is 0 Å². The Morgan fingerprint density at radius 1 is 1.29 bits per heavy atom. The van der Waals surface area contributed by atoms with Crippen molar-refractivity contribution in [1.29, 1.82) is 0 Å². The normalized spacial score (nSPS) is 20.5. The highest BCUT2D eigenvalue weighted by atomic mass is 19.1. The summed E-state index contributed by atoms with van der Waals surface area (Å²) < 4.78 is 13.7. The molecule has 1 aromatic rings. The van der Waals surface area contributed by atoms with Gasteiger partial charge in [-0.05, 0) is 43.7 Å². The number of nitrogens with one attached hydrogen (secondary N) is 2. The smallest absolute Gasteiger partial charge is 0.314 e. The number of carbonyl (C=O) groups is 4. The van der Waals surface area contributed by atoms with Gasteiger partial charge in [0.05, 0.1) is 11.7 Å². The number of aliphatic hydroxyl groups excluding tert-OH is 1. The van der Waals surface area contributed by atoms with Crippen LogP contribution in [0.3, 0.4) is 0 Å². The molecule has 150 valence electrons. The molecule has 1 heterocycles. The van der Waals surface area contributed by atoms with Crippen molar-refractivity contribution < 1.29 is 28.7 Å². The SMILES string of the molecule is C[C@H](NC(=O)[C@@H]1CC2(CC2)CN1C(=O)C(=O)Nc1ccccc1F)C(=O)CO. The molecule has 1 saturated heterocycles. The highest BCUT2D eigenvalue weighted by Gasteiger charge is 2.56. The molecule has 3 amide bonds. The van der Waals surface area contributed by atoms with E-state index in [0.717, 1.165) is 18.9 Å². The predicted octanol–water partition coefficient (Wildman–Crippen LogP) is 0.211. The molecule has 3 N–H and O–H groups in total. The van der Waals surface area contributed by atoms with Crippen molar-refractivity contribution >= 4 is 29.2 Å². The number of aliphatic hydroxyl groups is 1. The van der Waals surface area contributed by atoms with Crippen molar-refractivity contribution in [2.45, 2.75) is 38.3 Å². The minimum Gasteiger partial charge on any atom is -0.389 e. The van der Waals surface area contributed by atoms with Crippen LogP contribution in [0, 0.1) is 11.2 Å². The van der Waals surface area contributed by atoms with Gasteiger partial charge in [0.2, 0.25) is 5.91 Å². The van der Waals surface area contributed by atoms with Gasteiger partial charge in [-0.15, -0.1) is 0 Å².